The molecule has 0 atom stereocenters. The molecule has 1 saturated carbocycles. The van der Waals surface area contributed by atoms with Crippen LogP contribution in [0.25, 0.3) is 0 Å². The Morgan fingerprint density at radius 2 is 2.00 bits per heavy atom. The van der Waals surface area contributed by atoms with Crippen molar-refractivity contribution in [3.05, 3.63) is 0 Å². The Kier molecular flexibility index (Phi) is 4.97. The average Bonchev–Trinajstić information content (AvgIpc) is 3.19. The number of nitrogens with one attached hydrogen (secondary N) is 1. The van der Waals surface area contributed by atoms with Crippen molar-refractivity contribution in [2.45, 2.75) is 25.3 Å². The summed E-state index contributed by atoms with van der Waals surface area (Å²) in [5, 5.41) is 3.39. The van der Waals surface area contributed by atoms with Gasteiger partial charge in [-0.3, -0.25) is 0 Å². The molecule has 1 saturated heterocycles. The van der Waals surface area contributed by atoms with Gasteiger partial charge >= 0.3 is 0 Å². The Morgan fingerprint density at radius 1 is 1.33 bits per heavy atom. The summed E-state index contributed by atoms with van der Waals surface area (Å²) in [5.41, 5.74) is 0. The normalized spacial score (nSPS) is 22.6. The van der Waals surface area contributed by atoms with Gasteiger partial charge < -0.3 is 10.1 Å². The van der Waals surface area contributed by atoms with Gasteiger partial charge in [0.05, 0.1) is 13.2 Å². The molecule has 0 bridgehead atoms. The molecule has 1 N–H and O–H groups in total. The second-order valence-electron chi connectivity index (χ2n) is 4.92. The third-order valence-corrected chi connectivity index (χ3v) is 5.34. The predicted octanol–water partition coefficient (Wildman–Crippen LogP) is -0.363. The standard InChI is InChI=1S/C11H23N3O3S/c1-13(6-2-5-12-11-3-4-11)18(15,16)14-7-9-17-10-8-14/h11-12H,2-10H2,1H3. The maximum absolute atomic E-state index is 12.2. The summed E-state index contributed by atoms with van der Waals surface area (Å²) >= 11 is 0. The highest BCUT2D eigenvalue weighted by Crippen LogP contribution is 2.18. The summed E-state index contributed by atoms with van der Waals surface area (Å²) in [6.45, 7) is 3.39. The highest BCUT2D eigenvalue weighted by molar-refractivity contribution is 7.86. The Balaban J connectivity index is 1.72. The molecule has 1 aliphatic carbocycles. The van der Waals surface area contributed by atoms with Crippen molar-refractivity contribution < 1.29 is 13.2 Å². The zero-order valence-electron chi connectivity index (χ0n) is 11.0. The lowest BCUT2D eigenvalue weighted by molar-refractivity contribution is 0.0706. The van der Waals surface area contributed by atoms with E-state index in [0.717, 1.165) is 13.0 Å². The summed E-state index contributed by atoms with van der Waals surface area (Å²) in [5.74, 6) is 0. The van der Waals surface area contributed by atoms with Crippen molar-refractivity contribution in [3.63, 3.8) is 0 Å². The van der Waals surface area contributed by atoms with Crippen molar-refractivity contribution >= 4 is 10.2 Å². The van der Waals surface area contributed by atoms with Gasteiger partial charge in [0, 0.05) is 32.7 Å². The van der Waals surface area contributed by atoms with Crippen molar-refractivity contribution in [2.75, 3.05) is 46.4 Å². The lowest BCUT2D eigenvalue weighted by Gasteiger charge is -2.30. The molecule has 2 fully saturated rings. The molecule has 0 aromatic rings. The first-order chi connectivity index (χ1) is 8.60. The Bertz CT molecular complexity index is 351. The van der Waals surface area contributed by atoms with Crippen LogP contribution in [0.3, 0.4) is 0 Å². The number of hydrogen-bond acceptors (Lipinski definition) is 4. The molecule has 1 aliphatic heterocycles. The molecular formula is C11H23N3O3S. The Hall–Kier alpha value is -0.210. The van der Waals surface area contributed by atoms with Crippen LogP contribution in [-0.4, -0.2) is 69.5 Å². The molecule has 0 amide bonds. The largest absolute Gasteiger partial charge is 0.379 e. The molecule has 2 rings (SSSR count). The summed E-state index contributed by atoms with van der Waals surface area (Å²) in [4.78, 5) is 0. The number of ether oxygens (including phenoxy) is 1. The van der Waals surface area contributed by atoms with Crippen LogP contribution in [0.2, 0.25) is 0 Å². The number of rotatable bonds is 7. The predicted molar refractivity (Wildman–Crippen MR) is 69.6 cm³/mol. The number of hydrogen-bond donors (Lipinski definition) is 1. The first-order valence-corrected chi connectivity index (χ1v) is 8.03. The lowest BCUT2D eigenvalue weighted by atomic mass is 10.4. The minimum absolute atomic E-state index is 0.465. The molecule has 7 heteroatoms. The summed E-state index contributed by atoms with van der Waals surface area (Å²) in [6.07, 6.45) is 3.39. The molecule has 106 valence electrons. The maximum Gasteiger partial charge on any atom is 0.281 e. The van der Waals surface area contributed by atoms with Gasteiger partial charge in [0.1, 0.15) is 0 Å². The lowest BCUT2D eigenvalue weighted by Crippen LogP contribution is -2.47. The van der Waals surface area contributed by atoms with E-state index in [0.29, 0.717) is 38.9 Å². The molecular weight excluding hydrogens is 254 g/mol. The van der Waals surface area contributed by atoms with Crippen LogP contribution >= 0.6 is 0 Å². The van der Waals surface area contributed by atoms with Gasteiger partial charge in [0.25, 0.3) is 10.2 Å². The van der Waals surface area contributed by atoms with Gasteiger partial charge in [-0.25, -0.2) is 0 Å². The summed E-state index contributed by atoms with van der Waals surface area (Å²) in [6, 6.07) is 0.686. The van der Waals surface area contributed by atoms with Crippen LogP contribution in [0.5, 0.6) is 0 Å². The van der Waals surface area contributed by atoms with Crippen LogP contribution < -0.4 is 5.32 Å². The number of morpholine rings is 1. The van der Waals surface area contributed by atoms with Gasteiger partial charge in [-0.05, 0) is 25.8 Å². The van der Waals surface area contributed by atoms with E-state index in [-0.39, 0.29) is 0 Å². The zero-order valence-corrected chi connectivity index (χ0v) is 11.8. The molecule has 18 heavy (non-hydrogen) atoms. The van der Waals surface area contributed by atoms with E-state index in [1.54, 1.807) is 7.05 Å². The molecule has 1 heterocycles. The first kappa shape index (κ1) is 14.2. The SMILES string of the molecule is CN(CCCNC1CC1)S(=O)(=O)N1CCOCC1. The molecule has 0 spiro atoms. The maximum atomic E-state index is 12.2. The third kappa shape index (κ3) is 3.89. The number of nitrogens with zero attached hydrogens (tertiary/aromatic N) is 2. The molecule has 6 nitrogen and oxygen atoms in total. The van der Waals surface area contributed by atoms with Crippen LogP contribution in [0.15, 0.2) is 0 Å². The van der Waals surface area contributed by atoms with E-state index < -0.39 is 10.2 Å². The second-order valence-corrected chi connectivity index (χ2v) is 6.96. The van der Waals surface area contributed by atoms with E-state index in [9.17, 15) is 8.42 Å². The fourth-order valence-corrected chi connectivity index (χ4v) is 3.35. The third-order valence-electron chi connectivity index (χ3n) is 3.35. The Labute approximate surface area is 109 Å². The molecule has 2 aliphatic rings. The second kappa shape index (κ2) is 6.29. The fraction of sp³-hybridized carbons (Fsp3) is 1.00. The average molecular weight is 277 g/mol. The first-order valence-electron chi connectivity index (χ1n) is 6.63. The summed E-state index contributed by atoms with van der Waals surface area (Å²) < 4.78 is 32.5. The molecule has 0 radical (unpaired) electrons. The van der Waals surface area contributed by atoms with Gasteiger partial charge in [-0.15, -0.1) is 0 Å². The smallest absolute Gasteiger partial charge is 0.281 e. The van der Waals surface area contributed by atoms with Gasteiger partial charge in [0.15, 0.2) is 0 Å². The topological polar surface area (TPSA) is 61.9 Å². The highest BCUT2D eigenvalue weighted by Gasteiger charge is 2.28. The van der Waals surface area contributed by atoms with E-state index in [2.05, 4.69) is 5.32 Å². The zero-order chi connectivity index (χ0) is 13.0. The van der Waals surface area contributed by atoms with E-state index >= 15 is 0 Å². The van der Waals surface area contributed by atoms with Gasteiger partial charge in [-0.1, -0.05) is 0 Å². The van der Waals surface area contributed by atoms with E-state index in [1.807, 2.05) is 0 Å². The quantitative estimate of drug-likeness (QED) is 0.646. The molecule has 0 aromatic carbocycles. The molecule has 0 aromatic heterocycles. The van der Waals surface area contributed by atoms with Crippen LogP contribution in [-0.2, 0) is 14.9 Å². The van der Waals surface area contributed by atoms with E-state index in [4.69, 9.17) is 4.74 Å². The van der Waals surface area contributed by atoms with Crippen molar-refractivity contribution in [3.8, 4) is 0 Å². The van der Waals surface area contributed by atoms with E-state index in [1.165, 1.54) is 21.5 Å². The minimum Gasteiger partial charge on any atom is -0.379 e. The highest BCUT2D eigenvalue weighted by atomic mass is 32.2. The van der Waals surface area contributed by atoms with Crippen LogP contribution in [0, 0.1) is 0 Å². The van der Waals surface area contributed by atoms with Crippen molar-refractivity contribution in [1.29, 1.82) is 0 Å². The van der Waals surface area contributed by atoms with Crippen molar-refractivity contribution in [2.24, 2.45) is 0 Å². The minimum atomic E-state index is -3.29. The monoisotopic (exact) mass is 277 g/mol. The van der Waals surface area contributed by atoms with Crippen LogP contribution in [0.4, 0.5) is 0 Å². The molecule has 0 unspecified atom stereocenters. The van der Waals surface area contributed by atoms with Gasteiger partial charge in [-0.2, -0.15) is 17.0 Å². The Morgan fingerprint density at radius 3 is 2.61 bits per heavy atom. The summed E-state index contributed by atoms with van der Waals surface area (Å²) in [7, 11) is -1.63. The van der Waals surface area contributed by atoms with Gasteiger partial charge in [0.2, 0.25) is 0 Å². The van der Waals surface area contributed by atoms with Crippen molar-refractivity contribution in [1.82, 2.24) is 13.9 Å². The van der Waals surface area contributed by atoms with Crippen LogP contribution in [0.1, 0.15) is 19.3 Å². The fourth-order valence-electron chi connectivity index (χ4n) is 1.99.